The van der Waals surface area contributed by atoms with Crippen molar-refractivity contribution in [1.29, 1.82) is 0 Å². The van der Waals surface area contributed by atoms with Gasteiger partial charge in [-0.3, -0.25) is 14.4 Å². The van der Waals surface area contributed by atoms with Crippen LogP contribution in [-0.2, 0) is 25.6 Å². The van der Waals surface area contributed by atoms with Crippen LogP contribution in [0.4, 0.5) is 0 Å². The van der Waals surface area contributed by atoms with Gasteiger partial charge in [0.25, 0.3) is 0 Å². The molecule has 0 heterocycles. The Bertz CT molecular complexity index is 729. The summed E-state index contributed by atoms with van der Waals surface area (Å²) >= 11 is 3.87. The molecule has 0 aliphatic carbocycles. The number of rotatable bonds is 11. The number of thiol groups is 1. The zero-order chi connectivity index (χ0) is 22.0. The molecule has 0 aliphatic rings. The smallest absolute Gasteiger partial charge is 0.327 e. The molecule has 8 N–H and O–H groups in total. The van der Waals surface area contributed by atoms with Crippen molar-refractivity contribution >= 4 is 36.3 Å². The molecule has 3 atom stereocenters. The van der Waals surface area contributed by atoms with Gasteiger partial charge in [0.1, 0.15) is 23.9 Å². The van der Waals surface area contributed by atoms with Gasteiger partial charge in [0.15, 0.2) is 0 Å². The number of aliphatic hydroxyl groups excluding tert-OH is 1. The minimum absolute atomic E-state index is 0.000857. The fourth-order valence-corrected chi connectivity index (χ4v) is 2.41. The lowest BCUT2D eigenvalue weighted by Crippen LogP contribution is -2.55. The first-order valence-electron chi connectivity index (χ1n) is 8.53. The molecular weight excluding hydrogens is 404 g/mol. The quantitative estimate of drug-likeness (QED) is 0.175. The Hall–Kier alpha value is -2.83. The normalized spacial score (nSPS) is 13.6. The summed E-state index contributed by atoms with van der Waals surface area (Å²) in [6.45, 7) is -1.10. The molecule has 0 saturated heterocycles. The van der Waals surface area contributed by atoms with Gasteiger partial charge in [-0.15, -0.1) is 0 Å². The number of nitrogens with two attached hydrogens (primary N) is 1. The number of nitrogens with one attached hydrogen (secondary N) is 3. The summed E-state index contributed by atoms with van der Waals surface area (Å²) < 4.78 is 0. The third-order valence-corrected chi connectivity index (χ3v) is 4.15. The van der Waals surface area contributed by atoms with Crippen LogP contribution in [-0.4, -0.2) is 76.0 Å². The molecule has 0 aromatic heterocycles. The summed E-state index contributed by atoms with van der Waals surface area (Å²) in [5.74, 6) is -3.65. The molecule has 0 saturated carbocycles. The number of carboxylic acid groups (broad SMARTS) is 1. The van der Waals surface area contributed by atoms with Crippen LogP contribution in [0.15, 0.2) is 24.3 Å². The van der Waals surface area contributed by atoms with E-state index in [9.17, 15) is 24.3 Å². The average Bonchev–Trinajstić information content (AvgIpc) is 2.70. The Labute approximate surface area is 172 Å². The molecular formula is C17H24N4O7S. The molecule has 0 fully saturated rings. The van der Waals surface area contributed by atoms with Gasteiger partial charge >= 0.3 is 5.97 Å². The number of carbonyl (C=O) groups excluding carboxylic acids is 3. The molecule has 1 aromatic rings. The first-order chi connectivity index (χ1) is 13.7. The summed E-state index contributed by atoms with van der Waals surface area (Å²) in [6, 6.07) is 2.27. The zero-order valence-electron chi connectivity index (χ0n) is 15.4. The van der Waals surface area contributed by atoms with Crippen molar-refractivity contribution in [1.82, 2.24) is 16.0 Å². The Balaban J connectivity index is 2.84. The van der Waals surface area contributed by atoms with E-state index in [0.29, 0.717) is 5.56 Å². The van der Waals surface area contributed by atoms with Crippen molar-refractivity contribution < 1.29 is 34.5 Å². The fraction of sp³-hybridized carbons (Fsp3) is 0.412. The van der Waals surface area contributed by atoms with Gasteiger partial charge in [-0.2, -0.15) is 12.6 Å². The Morgan fingerprint density at radius 3 is 2.17 bits per heavy atom. The molecule has 3 amide bonds. The molecule has 0 bridgehead atoms. The van der Waals surface area contributed by atoms with E-state index in [0.717, 1.165) is 0 Å². The van der Waals surface area contributed by atoms with Crippen LogP contribution in [0.5, 0.6) is 5.75 Å². The first kappa shape index (κ1) is 24.2. The molecule has 11 nitrogen and oxygen atoms in total. The van der Waals surface area contributed by atoms with Crippen molar-refractivity contribution in [2.45, 2.75) is 24.5 Å². The highest BCUT2D eigenvalue weighted by atomic mass is 32.1. The lowest BCUT2D eigenvalue weighted by Gasteiger charge is -2.21. The van der Waals surface area contributed by atoms with Gasteiger partial charge in [-0.1, -0.05) is 12.1 Å². The minimum atomic E-state index is -1.28. The van der Waals surface area contributed by atoms with E-state index in [1.807, 2.05) is 0 Å². The summed E-state index contributed by atoms with van der Waals surface area (Å²) in [4.78, 5) is 47.3. The van der Waals surface area contributed by atoms with Crippen molar-refractivity contribution in [2.24, 2.45) is 5.73 Å². The number of aliphatic carboxylic acids is 1. The van der Waals surface area contributed by atoms with Gasteiger partial charge in [0, 0.05) is 12.2 Å². The van der Waals surface area contributed by atoms with Crippen molar-refractivity contribution in [3.05, 3.63) is 29.8 Å². The van der Waals surface area contributed by atoms with Crippen LogP contribution in [0.2, 0.25) is 0 Å². The summed E-state index contributed by atoms with van der Waals surface area (Å²) in [5, 5.41) is 34.1. The predicted octanol–water partition coefficient (Wildman–Crippen LogP) is -2.65. The second-order valence-electron chi connectivity index (χ2n) is 6.08. The third kappa shape index (κ3) is 8.37. The number of carboxylic acids is 1. The van der Waals surface area contributed by atoms with Crippen molar-refractivity contribution in [3.63, 3.8) is 0 Å². The van der Waals surface area contributed by atoms with Crippen LogP contribution in [0.1, 0.15) is 5.56 Å². The van der Waals surface area contributed by atoms with E-state index < -0.39 is 55.0 Å². The minimum Gasteiger partial charge on any atom is -0.508 e. The molecule has 1 aromatic carbocycles. The second-order valence-corrected chi connectivity index (χ2v) is 6.44. The number of benzene rings is 1. The largest absolute Gasteiger partial charge is 0.508 e. The topological polar surface area (TPSA) is 191 Å². The predicted molar refractivity (Wildman–Crippen MR) is 105 cm³/mol. The summed E-state index contributed by atoms with van der Waals surface area (Å²) in [6.07, 6.45) is 0.000857. The maximum absolute atomic E-state index is 12.5. The van der Waals surface area contributed by atoms with Crippen LogP contribution in [0.25, 0.3) is 0 Å². The summed E-state index contributed by atoms with van der Waals surface area (Å²) in [5.41, 5.74) is 5.91. The van der Waals surface area contributed by atoms with Gasteiger partial charge in [-0.05, 0) is 17.7 Å². The maximum atomic E-state index is 12.5. The average molecular weight is 428 g/mol. The molecule has 0 radical (unpaired) electrons. The third-order valence-electron chi connectivity index (χ3n) is 3.78. The number of aliphatic hydroxyl groups is 1. The van der Waals surface area contributed by atoms with E-state index in [1.54, 1.807) is 0 Å². The van der Waals surface area contributed by atoms with E-state index >= 15 is 0 Å². The van der Waals surface area contributed by atoms with Gasteiger partial charge < -0.3 is 37.0 Å². The Kier molecular flexibility index (Phi) is 9.92. The van der Waals surface area contributed by atoms with Gasteiger partial charge in [-0.25, -0.2) is 4.79 Å². The second kappa shape index (κ2) is 11.9. The number of hydrogen-bond acceptors (Lipinski definition) is 8. The van der Waals surface area contributed by atoms with E-state index in [1.165, 1.54) is 24.3 Å². The lowest BCUT2D eigenvalue weighted by molar-refractivity contribution is -0.141. The van der Waals surface area contributed by atoms with Crippen LogP contribution >= 0.6 is 12.6 Å². The van der Waals surface area contributed by atoms with Crippen LogP contribution < -0.4 is 21.7 Å². The lowest BCUT2D eigenvalue weighted by atomic mass is 10.0. The molecule has 3 unspecified atom stereocenters. The standard InChI is InChI=1S/C17H24N4O7S/c18-11(7-22)15(25)19-6-14(24)20-12(5-9-1-3-10(23)4-2-9)16(26)21-13(8-29)17(27)28/h1-4,11-13,22-23,29H,5-8,18H2,(H,19,25)(H,20,24)(H,21,26)(H,27,28). The fourth-order valence-electron chi connectivity index (χ4n) is 2.16. The number of amides is 3. The molecule has 0 spiro atoms. The van der Waals surface area contributed by atoms with Gasteiger partial charge in [0.2, 0.25) is 17.7 Å². The highest BCUT2D eigenvalue weighted by Crippen LogP contribution is 2.11. The molecule has 1 rings (SSSR count). The first-order valence-corrected chi connectivity index (χ1v) is 9.16. The molecule has 29 heavy (non-hydrogen) atoms. The van der Waals surface area contributed by atoms with Crippen LogP contribution in [0, 0.1) is 0 Å². The number of carbonyl (C=O) groups is 4. The van der Waals surface area contributed by atoms with Gasteiger partial charge in [0.05, 0.1) is 13.2 Å². The maximum Gasteiger partial charge on any atom is 0.327 e. The Morgan fingerprint density at radius 1 is 1.03 bits per heavy atom. The highest BCUT2D eigenvalue weighted by Gasteiger charge is 2.26. The van der Waals surface area contributed by atoms with Crippen LogP contribution in [0.3, 0.4) is 0 Å². The SMILES string of the molecule is NC(CO)C(=O)NCC(=O)NC(Cc1ccc(O)cc1)C(=O)NC(CS)C(=O)O. The van der Waals surface area contributed by atoms with E-state index in [-0.39, 0.29) is 17.9 Å². The van der Waals surface area contributed by atoms with Crippen molar-refractivity contribution in [3.8, 4) is 5.75 Å². The number of phenols is 1. The van der Waals surface area contributed by atoms with E-state index in [2.05, 4.69) is 28.6 Å². The summed E-state index contributed by atoms with van der Waals surface area (Å²) in [7, 11) is 0. The van der Waals surface area contributed by atoms with Crippen molar-refractivity contribution in [2.75, 3.05) is 18.9 Å². The monoisotopic (exact) mass is 428 g/mol. The molecule has 12 heteroatoms. The Morgan fingerprint density at radius 2 is 1.66 bits per heavy atom. The number of phenolic OH excluding ortho intramolecular Hbond substituents is 1. The number of aromatic hydroxyl groups is 1. The molecule has 0 aliphatic heterocycles. The highest BCUT2D eigenvalue weighted by molar-refractivity contribution is 7.80. The zero-order valence-corrected chi connectivity index (χ0v) is 16.3. The molecule has 160 valence electrons. The number of hydrogen-bond donors (Lipinski definition) is 8. The van der Waals surface area contributed by atoms with E-state index in [4.69, 9.17) is 15.9 Å².